The monoisotopic (exact) mass is 286 g/mol. The van der Waals surface area contributed by atoms with Gasteiger partial charge in [-0.05, 0) is 37.1 Å². The molecule has 0 spiro atoms. The van der Waals surface area contributed by atoms with Crippen LogP contribution in [0.3, 0.4) is 0 Å². The summed E-state index contributed by atoms with van der Waals surface area (Å²) in [4.78, 5) is 14.8. The van der Waals surface area contributed by atoms with Crippen LogP contribution >= 0.6 is 0 Å². The summed E-state index contributed by atoms with van der Waals surface area (Å²) >= 11 is 0. The van der Waals surface area contributed by atoms with Crippen molar-refractivity contribution in [2.75, 3.05) is 20.2 Å². The number of nitrogens with zero attached hydrogens (tertiary/aromatic N) is 2. The average Bonchev–Trinajstić information content (AvgIpc) is 2.71. The van der Waals surface area contributed by atoms with Crippen LogP contribution in [0.15, 0.2) is 24.3 Å². The topological polar surface area (TPSA) is 34.5 Å². The molecule has 0 radical (unpaired) electrons. The van der Waals surface area contributed by atoms with Gasteiger partial charge in [-0.3, -0.25) is 4.79 Å². The molecule has 112 valence electrons. The third-order valence-corrected chi connectivity index (χ3v) is 4.36. The van der Waals surface area contributed by atoms with E-state index in [-0.39, 0.29) is 5.91 Å². The summed E-state index contributed by atoms with van der Waals surface area (Å²) in [6.45, 7) is 1.76. The maximum absolute atomic E-state index is 12.8. The third kappa shape index (κ3) is 2.62. The summed E-state index contributed by atoms with van der Waals surface area (Å²) in [5.41, 5.74) is 1.83. The van der Waals surface area contributed by atoms with E-state index >= 15 is 0 Å². The van der Waals surface area contributed by atoms with E-state index in [9.17, 15) is 4.79 Å². The number of methoxy groups -OCH3 is 1. The maximum Gasteiger partial charge on any atom is 0.270 e. The number of likely N-dealkylation sites (tertiary alicyclic amines) is 1. The van der Waals surface area contributed by atoms with Crippen LogP contribution in [0.2, 0.25) is 0 Å². The Morgan fingerprint density at radius 3 is 2.48 bits per heavy atom. The molecule has 0 bridgehead atoms. The Morgan fingerprint density at radius 2 is 1.81 bits per heavy atom. The highest BCUT2D eigenvalue weighted by Gasteiger charge is 2.21. The van der Waals surface area contributed by atoms with Gasteiger partial charge < -0.3 is 14.2 Å². The molecule has 0 atom stereocenters. The van der Waals surface area contributed by atoms with Crippen LogP contribution in [0.25, 0.3) is 10.9 Å². The van der Waals surface area contributed by atoms with Gasteiger partial charge in [0.05, 0.1) is 7.11 Å². The van der Waals surface area contributed by atoms with Crippen molar-refractivity contribution >= 4 is 16.8 Å². The smallest absolute Gasteiger partial charge is 0.270 e. The van der Waals surface area contributed by atoms with Crippen molar-refractivity contribution < 1.29 is 9.53 Å². The van der Waals surface area contributed by atoms with Crippen molar-refractivity contribution in [3.05, 3.63) is 30.0 Å². The Balaban J connectivity index is 1.95. The maximum atomic E-state index is 12.8. The van der Waals surface area contributed by atoms with Crippen molar-refractivity contribution in [2.24, 2.45) is 7.05 Å². The zero-order valence-corrected chi connectivity index (χ0v) is 12.8. The molecule has 1 aromatic carbocycles. The molecule has 4 nitrogen and oxygen atoms in total. The Labute approximate surface area is 125 Å². The first kappa shape index (κ1) is 14.0. The fraction of sp³-hybridized carbons (Fsp3) is 0.471. The lowest BCUT2D eigenvalue weighted by Gasteiger charge is -2.20. The minimum atomic E-state index is 0.148. The number of rotatable bonds is 2. The molecule has 1 aliphatic heterocycles. The molecule has 3 rings (SSSR count). The zero-order valence-electron chi connectivity index (χ0n) is 12.8. The van der Waals surface area contributed by atoms with Gasteiger partial charge in [-0.25, -0.2) is 0 Å². The van der Waals surface area contributed by atoms with E-state index in [2.05, 4.69) is 0 Å². The predicted molar refractivity (Wildman–Crippen MR) is 83.8 cm³/mol. The fourth-order valence-corrected chi connectivity index (χ4v) is 3.10. The lowest BCUT2D eigenvalue weighted by molar-refractivity contribution is 0.0752. The standard InChI is InChI=1S/C17H22N2O2/c1-18-15-8-7-14(21-2)11-13(15)12-16(18)17(20)19-9-5-3-4-6-10-19/h7-8,11-12H,3-6,9-10H2,1-2H3. The molecular weight excluding hydrogens is 264 g/mol. The second-order valence-electron chi connectivity index (χ2n) is 5.72. The van der Waals surface area contributed by atoms with E-state index in [1.807, 2.05) is 40.8 Å². The van der Waals surface area contributed by atoms with Crippen molar-refractivity contribution in [1.82, 2.24) is 9.47 Å². The van der Waals surface area contributed by atoms with E-state index in [1.165, 1.54) is 12.8 Å². The van der Waals surface area contributed by atoms with E-state index in [4.69, 9.17) is 4.74 Å². The summed E-state index contributed by atoms with van der Waals surface area (Å²) in [7, 11) is 3.62. The van der Waals surface area contributed by atoms with Crippen LogP contribution in [0.1, 0.15) is 36.2 Å². The van der Waals surface area contributed by atoms with E-state index in [0.29, 0.717) is 0 Å². The van der Waals surface area contributed by atoms with Gasteiger partial charge >= 0.3 is 0 Å². The van der Waals surface area contributed by atoms with E-state index in [0.717, 1.165) is 48.3 Å². The van der Waals surface area contributed by atoms with Gasteiger partial charge in [0, 0.05) is 31.0 Å². The second-order valence-corrected chi connectivity index (χ2v) is 5.72. The number of aromatic nitrogens is 1. The minimum absolute atomic E-state index is 0.148. The van der Waals surface area contributed by atoms with Crippen LogP contribution < -0.4 is 4.74 Å². The molecule has 1 saturated heterocycles. The number of ether oxygens (including phenoxy) is 1. The second kappa shape index (κ2) is 5.80. The lowest BCUT2D eigenvalue weighted by atomic mass is 10.2. The Bertz CT molecular complexity index is 652. The Morgan fingerprint density at radius 1 is 1.10 bits per heavy atom. The van der Waals surface area contributed by atoms with Crippen LogP contribution in [0.4, 0.5) is 0 Å². The summed E-state index contributed by atoms with van der Waals surface area (Å²) in [6.07, 6.45) is 4.69. The number of carbonyl (C=O) groups is 1. The summed E-state index contributed by atoms with van der Waals surface area (Å²) < 4.78 is 7.25. The highest BCUT2D eigenvalue weighted by molar-refractivity contribution is 5.99. The number of hydrogen-bond donors (Lipinski definition) is 0. The molecule has 0 saturated carbocycles. The van der Waals surface area contributed by atoms with E-state index in [1.54, 1.807) is 7.11 Å². The Hall–Kier alpha value is -1.97. The molecule has 2 heterocycles. The normalized spacial score (nSPS) is 16.0. The molecule has 4 heteroatoms. The number of aryl methyl sites for hydroxylation is 1. The third-order valence-electron chi connectivity index (χ3n) is 4.36. The molecule has 1 aliphatic rings. The minimum Gasteiger partial charge on any atom is -0.497 e. The molecule has 1 amide bonds. The lowest BCUT2D eigenvalue weighted by Crippen LogP contribution is -2.33. The van der Waals surface area contributed by atoms with Crippen molar-refractivity contribution in [2.45, 2.75) is 25.7 Å². The zero-order chi connectivity index (χ0) is 14.8. The number of fused-ring (bicyclic) bond motifs is 1. The molecule has 0 unspecified atom stereocenters. The van der Waals surface area contributed by atoms with Gasteiger partial charge in [0.15, 0.2) is 0 Å². The molecule has 0 N–H and O–H groups in total. The van der Waals surface area contributed by atoms with Crippen LogP contribution in [-0.4, -0.2) is 35.6 Å². The van der Waals surface area contributed by atoms with Gasteiger partial charge in [-0.1, -0.05) is 12.8 Å². The summed E-state index contributed by atoms with van der Waals surface area (Å²) in [5, 5.41) is 1.05. The van der Waals surface area contributed by atoms with Crippen LogP contribution in [0, 0.1) is 0 Å². The molecule has 1 fully saturated rings. The van der Waals surface area contributed by atoms with Crippen LogP contribution in [-0.2, 0) is 7.05 Å². The number of amides is 1. The average molecular weight is 286 g/mol. The molecule has 2 aromatic rings. The van der Waals surface area contributed by atoms with Gasteiger partial charge in [0.1, 0.15) is 11.4 Å². The number of hydrogen-bond acceptors (Lipinski definition) is 2. The quantitative estimate of drug-likeness (QED) is 0.849. The Kier molecular flexibility index (Phi) is 3.86. The largest absolute Gasteiger partial charge is 0.497 e. The molecule has 0 aliphatic carbocycles. The number of benzene rings is 1. The molecule has 21 heavy (non-hydrogen) atoms. The van der Waals surface area contributed by atoms with E-state index < -0.39 is 0 Å². The fourth-order valence-electron chi connectivity index (χ4n) is 3.10. The van der Waals surface area contributed by atoms with Gasteiger partial charge in [0.25, 0.3) is 5.91 Å². The van der Waals surface area contributed by atoms with Crippen LogP contribution in [0.5, 0.6) is 5.75 Å². The molecule has 1 aromatic heterocycles. The highest BCUT2D eigenvalue weighted by atomic mass is 16.5. The van der Waals surface area contributed by atoms with Crippen molar-refractivity contribution in [3.63, 3.8) is 0 Å². The van der Waals surface area contributed by atoms with Crippen molar-refractivity contribution in [3.8, 4) is 5.75 Å². The highest BCUT2D eigenvalue weighted by Crippen LogP contribution is 2.25. The summed E-state index contributed by atoms with van der Waals surface area (Å²) in [5.74, 6) is 0.969. The van der Waals surface area contributed by atoms with Gasteiger partial charge in [-0.15, -0.1) is 0 Å². The SMILES string of the molecule is COc1ccc2c(c1)cc(C(=O)N1CCCCCC1)n2C. The first-order valence-electron chi connectivity index (χ1n) is 7.63. The first-order valence-corrected chi connectivity index (χ1v) is 7.63. The summed E-state index contributed by atoms with van der Waals surface area (Å²) in [6, 6.07) is 7.90. The first-order chi connectivity index (χ1) is 10.2. The van der Waals surface area contributed by atoms with Gasteiger partial charge in [0.2, 0.25) is 0 Å². The van der Waals surface area contributed by atoms with Gasteiger partial charge in [-0.2, -0.15) is 0 Å². The number of carbonyl (C=O) groups excluding carboxylic acids is 1. The molecular formula is C17H22N2O2. The van der Waals surface area contributed by atoms with Crippen molar-refractivity contribution in [1.29, 1.82) is 0 Å². The predicted octanol–water partition coefficient (Wildman–Crippen LogP) is 3.20.